The average Bonchev–Trinajstić information content (AvgIpc) is 3.42. The van der Waals surface area contributed by atoms with Crippen molar-refractivity contribution in [3.8, 4) is 0 Å². The molecule has 0 bridgehead atoms. The Morgan fingerprint density at radius 3 is 2.29 bits per heavy atom. The molecule has 1 fully saturated rings. The Bertz CT molecular complexity index is 1700. The van der Waals surface area contributed by atoms with Gasteiger partial charge in [0.05, 0.1) is 17.2 Å². The zero-order chi connectivity index (χ0) is 29.9. The number of anilines is 2. The van der Waals surface area contributed by atoms with Crippen LogP contribution in [0, 0.1) is 0 Å². The van der Waals surface area contributed by atoms with Crippen LogP contribution in [0.5, 0.6) is 0 Å². The van der Waals surface area contributed by atoms with Crippen LogP contribution in [0.4, 0.5) is 11.8 Å². The smallest absolute Gasteiger partial charge is 0.241 e. The summed E-state index contributed by atoms with van der Waals surface area (Å²) in [5.41, 5.74) is 20.2. The fourth-order valence-corrected chi connectivity index (χ4v) is 6.98. The summed E-state index contributed by atoms with van der Waals surface area (Å²) in [5.74, 6) is -1.97. The van der Waals surface area contributed by atoms with Crippen LogP contribution in [0.3, 0.4) is 0 Å². The first-order valence-corrected chi connectivity index (χ1v) is 15.3. The Morgan fingerprint density at radius 1 is 0.952 bits per heavy atom. The Balaban J connectivity index is 1.46. The summed E-state index contributed by atoms with van der Waals surface area (Å²) in [6.07, 6.45) is 1.29. The van der Waals surface area contributed by atoms with Crippen molar-refractivity contribution < 1.29 is 18.0 Å². The van der Waals surface area contributed by atoms with Gasteiger partial charge in [-0.2, -0.15) is 4.98 Å². The molecule has 7 N–H and O–H groups in total. The molecule has 1 unspecified atom stereocenters. The third-order valence-electron chi connectivity index (χ3n) is 7.50. The number of sulfonamides is 1. The number of amides is 2. The van der Waals surface area contributed by atoms with E-state index in [0.29, 0.717) is 41.4 Å². The molecule has 1 aliphatic heterocycles. The van der Waals surface area contributed by atoms with Crippen molar-refractivity contribution in [1.29, 1.82) is 0 Å². The molecular weight excluding hydrogens is 554 g/mol. The van der Waals surface area contributed by atoms with E-state index in [2.05, 4.69) is 14.7 Å². The highest BCUT2D eigenvalue weighted by atomic mass is 32.2. The number of nitrogens with zero attached hydrogens (tertiary/aromatic N) is 3. The molecule has 2 heterocycles. The molecule has 11 nitrogen and oxygen atoms in total. The van der Waals surface area contributed by atoms with E-state index in [9.17, 15) is 18.0 Å². The van der Waals surface area contributed by atoms with Gasteiger partial charge in [-0.25, -0.2) is 18.1 Å². The third-order valence-corrected chi connectivity index (χ3v) is 8.86. The van der Waals surface area contributed by atoms with Crippen molar-refractivity contribution in [1.82, 2.24) is 19.6 Å². The average molecular weight is 588 g/mol. The molecule has 1 aliphatic rings. The SMILES string of the molecule is NC(=O)C(c1ccc2nc(N)nc(N)c2c1)[C@@H]1CCCN1C(=O)[C@@H](Cc1ccccc1)NS(=O)(=O)Cc1ccccc1. The molecule has 0 saturated carbocycles. The first-order valence-electron chi connectivity index (χ1n) is 13.6. The molecule has 1 saturated heterocycles. The number of fused-ring (bicyclic) bond motifs is 1. The van der Waals surface area contributed by atoms with Crippen molar-refractivity contribution in [3.63, 3.8) is 0 Å². The van der Waals surface area contributed by atoms with Crippen LogP contribution < -0.4 is 21.9 Å². The quantitative estimate of drug-likeness (QED) is 0.217. The van der Waals surface area contributed by atoms with E-state index in [4.69, 9.17) is 17.2 Å². The van der Waals surface area contributed by atoms with E-state index in [1.165, 1.54) is 0 Å². The van der Waals surface area contributed by atoms with Crippen molar-refractivity contribution in [2.24, 2.45) is 5.73 Å². The molecule has 4 aromatic rings. The normalized spacial score (nSPS) is 16.8. The summed E-state index contributed by atoms with van der Waals surface area (Å²) in [7, 11) is -3.89. The zero-order valence-corrected chi connectivity index (χ0v) is 23.7. The van der Waals surface area contributed by atoms with Gasteiger partial charge in [0.25, 0.3) is 0 Å². The van der Waals surface area contributed by atoms with Gasteiger partial charge in [-0.05, 0) is 48.1 Å². The lowest BCUT2D eigenvalue weighted by Gasteiger charge is -2.33. The topological polar surface area (TPSA) is 187 Å². The van der Waals surface area contributed by atoms with Crippen LogP contribution in [0.15, 0.2) is 78.9 Å². The van der Waals surface area contributed by atoms with E-state index >= 15 is 0 Å². The first kappa shape index (κ1) is 29.0. The molecule has 3 atom stereocenters. The lowest BCUT2D eigenvalue weighted by atomic mass is 9.88. The van der Waals surface area contributed by atoms with Crippen molar-refractivity contribution in [3.05, 3.63) is 95.6 Å². The number of aromatic nitrogens is 2. The number of rotatable bonds is 10. The fourth-order valence-electron chi connectivity index (χ4n) is 5.65. The molecule has 2 amide bonds. The fraction of sp³-hybridized carbons (Fsp3) is 0.267. The molecular formula is C30H33N7O4S. The summed E-state index contributed by atoms with van der Waals surface area (Å²) in [6.45, 7) is 0.356. The molecule has 0 radical (unpaired) electrons. The van der Waals surface area contributed by atoms with Crippen LogP contribution in [0.2, 0.25) is 0 Å². The predicted octanol–water partition coefficient (Wildman–Crippen LogP) is 2.09. The van der Waals surface area contributed by atoms with Gasteiger partial charge in [-0.3, -0.25) is 9.59 Å². The summed E-state index contributed by atoms with van der Waals surface area (Å²) >= 11 is 0. The number of carbonyl (C=O) groups excluding carboxylic acids is 2. The van der Waals surface area contributed by atoms with E-state index in [-0.39, 0.29) is 23.9 Å². The molecule has 0 aliphatic carbocycles. The Labute approximate surface area is 244 Å². The second-order valence-corrected chi connectivity index (χ2v) is 12.2. The van der Waals surface area contributed by atoms with Crippen molar-refractivity contribution in [2.45, 2.75) is 43.0 Å². The van der Waals surface area contributed by atoms with Gasteiger partial charge in [0.2, 0.25) is 27.8 Å². The maximum Gasteiger partial charge on any atom is 0.241 e. The highest BCUT2D eigenvalue weighted by molar-refractivity contribution is 7.88. The Hall–Kier alpha value is -4.55. The maximum absolute atomic E-state index is 14.1. The van der Waals surface area contributed by atoms with E-state index in [1.807, 2.05) is 30.3 Å². The zero-order valence-electron chi connectivity index (χ0n) is 22.9. The number of primary amides is 1. The summed E-state index contributed by atoms with van der Waals surface area (Å²) in [6, 6.07) is 21.4. The number of hydrogen-bond donors (Lipinski definition) is 4. The first-order chi connectivity index (χ1) is 20.1. The number of likely N-dealkylation sites (tertiary alicyclic amines) is 1. The number of carbonyl (C=O) groups is 2. The predicted molar refractivity (Wildman–Crippen MR) is 161 cm³/mol. The van der Waals surface area contributed by atoms with Gasteiger partial charge in [0.1, 0.15) is 11.9 Å². The van der Waals surface area contributed by atoms with Gasteiger partial charge >= 0.3 is 0 Å². The highest BCUT2D eigenvalue weighted by Gasteiger charge is 2.41. The number of hydrogen-bond acceptors (Lipinski definition) is 8. The molecule has 218 valence electrons. The summed E-state index contributed by atoms with van der Waals surface area (Å²) < 4.78 is 29.2. The van der Waals surface area contributed by atoms with Crippen molar-refractivity contribution in [2.75, 3.05) is 18.0 Å². The monoisotopic (exact) mass is 587 g/mol. The number of nitrogens with one attached hydrogen (secondary N) is 1. The molecule has 1 aromatic heterocycles. The molecule has 42 heavy (non-hydrogen) atoms. The highest BCUT2D eigenvalue weighted by Crippen LogP contribution is 2.34. The number of nitrogens with two attached hydrogens (primary N) is 3. The molecule has 0 spiro atoms. The molecule has 5 rings (SSSR count). The van der Waals surface area contributed by atoms with E-state index in [0.717, 1.165) is 5.56 Å². The lowest BCUT2D eigenvalue weighted by molar-refractivity contribution is -0.135. The minimum atomic E-state index is -3.89. The molecule has 3 aromatic carbocycles. The minimum Gasteiger partial charge on any atom is -0.383 e. The second-order valence-electron chi connectivity index (χ2n) is 10.5. The van der Waals surface area contributed by atoms with E-state index in [1.54, 1.807) is 53.4 Å². The van der Waals surface area contributed by atoms with E-state index < -0.39 is 39.8 Å². The van der Waals surface area contributed by atoms with Crippen LogP contribution in [0.1, 0.15) is 35.4 Å². The Kier molecular flexibility index (Phi) is 8.36. The Morgan fingerprint density at radius 2 is 1.62 bits per heavy atom. The lowest BCUT2D eigenvalue weighted by Crippen LogP contribution is -2.53. The minimum absolute atomic E-state index is 0.0333. The van der Waals surface area contributed by atoms with Gasteiger partial charge in [0.15, 0.2) is 0 Å². The van der Waals surface area contributed by atoms with Crippen LogP contribution in [0.25, 0.3) is 10.9 Å². The largest absolute Gasteiger partial charge is 0.383 e. The summed E-state index contributed by atoms with van der Waals surface area (Å²) in [5, 5.41) is 0.513. The van der Waals surface area contributed by atoms with Gasteiger partial charge < -0.3 is 22.1 Å². The van der Waals surface area contributed by atoms with Gasteiger partial charge in [-0.15, -0.1) is 0 Å². The standard InChI is InChI=1S/C30H33N7O4S/c31-27-22-17-21(13-14-23(22)34-30(33)35-27)26(28(32)38)25-12-7-15-37(25)29(39)24(16-19-8-3-1-4-9-19)36-42(40,41)18-20-10-5-2-6-11-20/h1-6,8-11,13-14,17,24-26,36H,7,12,15-16,18H2,(H2,32,38)(H4,31,33,34,35)/t24-,25+,26?/m1/s1. The van der Waals surface area contributed by atoms with Gasteiger partial charge in [-0.1, -0.05) is 66.7 Å². The van der Waals surface area contributed by atoms with Crippen LogP contribution in [-0.4, -0.2) is 53.7 Å². The van der Waals surface area contributed by atoms with Gasteiger partial charge in [0, 0.05) is 18.0 Å². The maximum atomic E-state index is 14.1. The van der Waals surface area contributed by atoms with Crippen molar-refractivity contribution >= 4 is 44.5 Å². The number of benzene rings is 3. The molecule has 12 heteroatoms. The number of nitrogen functional groups attached to an aromatic ring is 2. The summed E-state index contributed by atoms with van der Waals surface area (Å²) in [4.78, 5) is 36.8. The van der Waals surface area contributed by atoms with Crippen LogP contribution >= 0.6 is 0 Å². The second kappa shape index (κ2) is 12.1. The van der Waals surface area contributed by atoms with Crippen LogP contribution in [-0.2, 0) is 31.8 Å². The third kappa shape index (κ3) is 6.50.